The molecule has 0 radical (unpaired) electrons. The van der Waals surface area contributed by atoms with Crippen LogP contribution < -0.4 is 64.6 Å². The average molecular weight is 1280 g/mol. The van der Waals surface area contributed by atoms with E-state index in [9.17, 15) is 87.2 Å². The number of hydrogen-bond acceptors (Lipinski definition) is 18. The van der Waals surface area contributed by atoms with Crippen LogP contribution in [0.25, 0.3) is 0 Å². The van der Waals surface area contributed by atoms with Gasteiger partial charge in [0, 0.05) is 25.9 Å². The molecule has 32 nitrogen and oxygen atoms in total. The third-order valence-electron chi connectivity index (χ3n) is 15.4. The number of aliphatic carboxylic acids is 3. The number of primary amides is 1. The van der Waals surface area contributed by atoms with E-state index in [4.69, 9.17) is 11.5 Å². The number of rotatable bonds is 38. The quantitative estimate of drug-likeness (QED) is 0.0262. The molecule has 0 aromatic rings. The van der Waals surface area contributed by atoms with Gasteiger partial charge in [0.15, 0.2) is 0 Å². The summed E-state index contributed by atoms with van der Waals surface area (Å²) >= 11 is 1.35. The van der Waals surface area contributed by atoms with Gasteiger partial charge in [-0.3, -0.25) is 67.1 Å². The molecule has 3 heterocycles. The van der Waals surface area contributed by atoms with Gasteiger partial charge in [0.1, 0.15) is 66.5 Å². The van der Waals surface area contributed by atoms with Gasteiger partial charge in [0.2, 0.25) is 70.9 Å². The fourth-order valence-corrected chi connectivity index (χ4v) is 10.8. The summed E-state index contributed by atoms with van der Waals surface area (Å²) in [5.41, 5.74) is 11.0. The molecule has 12 atom stereocenters. The molecule has 0 saturated carbocycles. The molecule has 0 aliphatic carbocycles. The van der Waals surface area contributed by atoms with Crippen LogP contribution in [0.2, 0.25) is 0 Å². The number of unbranched alkanes of at least 4 members (excludes halogenated alkanes) is 1. The van der Waals surface area contributed by atoms with Crippen LogP contribution in [0.5, 0.6) is 0 Å². The van der Waals surface area contributed by atoms with Crippen molar-refractivity contribution in [1.82, 2.24) is 63.0 Å². The van der Waals surface area contributed by atoms with Gasteiger partial charge in [-0.15, -0.1) is 0 Å². The zero-order chi connectivity index (χ0) is 66.8. The Balaban J connectivity index is 1.77. The number of carboxylic acid groups (broad SMARTS) is 3. The third-order valence-corrected chi connectivity index (χ3v) is 16.1. The van der Waals surface area contributed by atoms with E-state index in [0.29, 0.717) is 38.0 Å². The van der Waals surface area contributed by atoms with Crippen molar-refractivity contribution in [2.45, 2.75) is 210 Å². The molecule has 0 aromatic heterocycles. The van der Waals surface area contributed by atoms with Gasteiger partial charge in [0.25, 0.3) is 0 Å². The minimum atomic E-state index is -1.91. The van der Waals surface area contributed by atoms with Crippen molar-refractivity contribution in [3.8, 4) is 0 Å². The molecule has 3 saturated heterocycles. The molecule has 500 valence electrons. The smallest absolute Gasteiger partial charge is 0.326 e. The van der Waals surface area contributed by atoms with Crippen molar-refractivity contribution >= 4 is 101 Å². The van der Waals surface area contributed by atoms with Gasteiger partial charge in [-0.05, 0) is 128 Å². The number of carboxylic acids is 3. The second-order valence-corrected chi connectivity index (χ2v) is 24.2. The van der Waals surface area contributed by atoms with Crippen LogP contribution in [0.15, 0.2) is 0 Å². The maximum Gasteiger partial charge on any atom is 0.326 e. The van der Waals surface area contributed by atoms with Crippen LogP contribution in [-0.4, -0.2) is 225 Å². The molecular weight excluding hydrogens is 1190 g/mol. The summed E-state index contributed by atoms with van der Waals surface area (Å²) in [4.78, 5) is 201. The van der Waals surface area contributed by atoms with E-state index in [1.807, 2.05) is 5.32 Å². The lowest BCUT2D eigenvalue weighted by Crippen LogP contribution is -2.61. The summed E-state index contributed by atoms with van der Waals surface area (Å²) in [7, 11) is 0. The summed E-state index contributed by atoms with van der Waals surface area (Å²) in [5.74, 6) is -14.8. The molecule has 12 amide bonds. The molecule has 0 bridgehead atoms. The highest BCUT2D eigenvalue weighted by Crippen LogP contribution is 2.24. The zero-order valence-electron chi connectivity index (χ0n) is 51.6. The Morgan fingerprint density at radius 3 is 1.54 bits per heavy atom. The predicted octanol–water partition coefficient (Wildman–Crippen LogP) is -3.99. The average Bonchev–Trinajstić information content (AvgIpc) is 4.08. The SMILES string of the molecule is CSCC[C@H](NC(=O)[C@@H]1CCCN1C(=O)[C@@H](NC(=O)[C@@H]1CCCN1C(=O)[C@H](CCC(=O)O)NC(=O)[C@H](C)NC(=O)[C@H](C)NC(=O)[C@@H]1CCCN1)C(C)C)C(=O)N[C@H](C(=O)N[C@@H](CCCCN)C(=O)N[C@@H](CCC(N)=O)C(=O)N[C@@H](CC(=O)O)C(=O)O)C(C)C. The molecule has 3 aliphatic heterocycles. The predicted molar refractivity (Wildman–Crippen MR) is 320 cm³/mol. The largest absolute Gasteiger partial charge is 0.481 e. The first-order chi connectivity index (χ1) is 41.9. The highest BCUT2D eigenvalue weighted by atomic mass is 32.2. The monoisotopic (exact) mass is 1280 g/mol. The Morgan fingerprint density at radius 1 is 0.506 bits per heavy atom. The normalized spacial score (nSPS) is 19.4. The lowest BCUT2D eigenvalue weighted by molar-refractivity contribution is -0.147. The van der Waals surface area contributed by atoms with E-state index in [2.05, 4.69) is 47.9 Å². The van der Waals surface area contributed by atoms with Crippen molar-refractivity contribution in [3.63, 3.8) is 0 Å². The third kappa shape index (κ3) is 24.3. The number of nitrogens with zero attached hydrogens (tertiary/aromatic N) is 2. The molecule has 0 spiro atoms. The summed E-state index contributed by atoms with van der Waals surface area (Å²) in [6.07, 6.45) is 1.95. The second-order valence-electron chi connectivity index (χ2n) is 23.2. The van der Waals surface area contributed by atoms with Crippen molar-refractivity contribution in [3.05, 3.63) is 0 Å². The fraction of sp³-hybridized carbons (Fsp3) is 0.732. The van der Waals surface area contributed by atoms with Crippen LogP contribution >= 0.6 is 11.8 Å². The molecule has 3 rings (SSSR count). The lowest BCUT2D eigenvalue weighted by Gasteiger charge is -2.33. The summed E-state index contributed by atoms with van der Waals surface area (Å²) in [5, 5.41) is 54.1. The van der Waals surface area contributed by atoms with Gasteiger partial charge in [-0.2, -0.15) is 11.8 Å². The Hall–Kier alpha value is -7.68. The van der Waals surface area contributed by atoms with E-state index in [1.54, 1.807) is 34.0 Å². The highest BCUT2D eigenvalue weighted by Gasteiger charge is 2.44. The van der Waals surface area contributed by atoms with Crippen molar-refractivity contribution < 1.29 is 87.2 Å². The Labute approximate surface area is 520 Å². The van der Waals surface area contributed by atoms with Crippen LogP contribution in [0, 0.1) is 11.8 Å². The first kappa shape index (κ1) is 75.6. The molecule has 33 heteroatoms. The number of likely N-dealkylation sites (tertiary alicyclic amines) is 2. The number of carbonyl (C=O) groups excluding carboxylic acids is 12. The van der Waals surface area contributed by atoms with E-state index in [0.717, 1.165) is 6.42 Å². The Morgan fingerprint density at radius 2 is 1.01 bits per heavy atom. The van der Waals surface area contributed by atoms with Gasteiger partial charge in [-0.1, -0.05) is 27.7 Å². The Bertz CT molecular complexity index is 2550. The van der Waals surface area contributed by atoms with E-state index in [-0.39, 0.29) is 64.1 Å². The number of nitrogens with two attached hydrogens (primary N) is 2. The van der Waals surface area contributed by atoms with Crippen molar-refractivity contribution in [1.29, 1.82) is 0 Å². The first-order valence-electron chi connectivity index (χ1n) is 30.1. The first-order valence-corrected chi connectivity index (χ1v) is 31.5. The van der Waals surface area contributed by atoms with Crippen LogP contribution in [0.1, 0.15) is 138 Å². The van der Waals surface area contributed by atoms with Gasteiger partial charge < -0.3 is 89.8 Å². The molecular formula is C56H92N14O18S. The standard InChI is InChI=1S/C56H92N14O18S/c1-28(2)43(53(84)64-33(13-8-9-22-57)48(79)62-34(17-19-40(58)71)49(80)66-37(56(87)88)27-42(74)75)67-50(81)35(21-26-89-7)63-51(82)38-15-12-25-70(38)55(86)44(29(3)4)68-52(83)39-16-11-24-69(39)54(85)36(18-20-41(72)73)65-46(77)31(6)60-45(76)30(5)61-47(78)32-14-10-23-59-32/h28-39,43-44,59H,8-27,57H2,1-7H3,(H2,58,71)(H,60,76)(H,61,78)(H,62,79)(H,63,82)(H,64,84)(H,65,77)(H,66,80)(H,67,81)(H,68,83)(H,72,73)(H,74,75)(H,87,88)/t30-,31-,32-,33-,34-,35-,36-,37-,38-,39-,43-,44-/m0/s1. The summed E-state index contributed by atoms with van der Waals surface area (Å²) in [6.45, 7) is 10.3. The molecule has 3 aliphatic rings. The minimum absolute atomic E-state index is 0.0344. The fourth-order valence-electron chi connectivity index (χ4n) is 10.3. The highest BCUT2D eigenvalue weighted by molar-refractivity contribution is 7.98. The van der Waals surface area contributed by atoms with Gasteiger partial charge >= 0.3 is 17.9 Å². The maximum absolute atomic E-state index is 14.6. The van der Waals surface area contributed by atoms with Crippen LogP contribution in [0.3, 0.4) is 0 Å². The van der Waals surface area contributed by atoms with Crippen molar-refractivity contribution in [2.75, 3.05) is 38.2 Å². The second kappa shape index (κ2) is 37.3. The molecule has 89 heavy (non-hydrogen) atoms. The summed E-state index contributed by atoms with van der Waals surface area (Å²) in [6, 6.07) is -15.3. The molecule has 17 N–H and O–H groups in total. The lowest BCUT2D eigenvalue weighted by atomic mass is 10.0. The van der Waals surface area contributed by atoms with Gasteiger partial charge in [-0.25, -0.2) is 4.79 Å². The van der Waals surface area contributed by atoms with Gasteiger partial charge in [0.05, 0.1) is 12.5 Å². The van der Waals surface area contributed by atoms with Crippen LogP contribution in [0.4, 0.5) is 0 Å². The molecule has 0 aromatic carbocycles. The number of amides is 12. The van der Waals surface area contributed by atoms with E-state index >= 15 is 0 Å². The van der Waals surface area contributed by atoms with Crippen molar-refractivity contribution in [2.24, 2.45) is 23.3 Å². The Kier molecular flexibility index (Phi) is 31.7. The topological polar surface area (TPSA) is 496 Å². The number of hydrogen-bond donors (Lipinski definition) is 15. The van der Waals surface area contributed by atoms with E-state index in [1.165, 1.54) is 35.4 Å². The minimum Gasteiger partial charge on any atom is -0.481 e. The maximum atomic E-state index is 14.6. The van der Waals surface area contributed by atoms with E-state index < -0.39 is 193 Å². The molecule has 3 fully saturated rings. The molecule has 0 unspecified atom stereocenters. The number of carbonyl (C=O) groups is 15. The number of nitrogens with one attached hydrogen (secondary N) is 10. The van der Waals surface area contributed by atoms with Crippen LogP contribution in [-0.2, 0) is 71.9 Å². The summed E-state index contributed by atoms with van der Waals surface area (Å²) < 4.78 is 0. The number of thioether (sulfide) groups is 1. The zero-order valence-corrected chi connectivity index (χ0v) is 52.5.